The van der Waals surface area contributed by atoms with Gasteiger partial charge in [0.15, 0.2) is 0 Å². The minimum atomic E-state index is 0.194. The molecule has 18 heteroatoms. The van der Waals surface area contributed by atoms with Crippen molar-refractivity contribution in [3.8, 4) is 138 Å². The van der Waals surface area contributed by atoms with Crippen LogP contribution in [0.15, 0.2) is 291 Å². The highest BCUT2D eigenvalue weighted by molar-refractivity contribution is 6.41. The Morgan fingerprint density at radius 2 is 0.140 bits per heavy atom. The van der Waals surface area contributed by atoms with Crippen LogP contribution in [0.4, 0.5) is 0 Å². The Morgan fingerprint density at radius 3 is 0.172 bits per heavy atom. The van der Waals surface area contributed by atoms with E-state index in [4.69, 9.17) is 126 Å². The molecule has 32 heterocycles. The summed E-state index contributed by atoms with van der Waals surface area (Å²) in [6, 6.07) is 89.4. The van der Waals surface area contributed by atoms with Crippen LogP contribution in [0.3, 0.4) is 0 Å². The van der Waals surface area contributed by atoms with Crippen molar-refractivity contribution in [1.29, 1.82) is 0 Å². The van der Waals surface area contributed by atoms with Crippen LogP contribution in [0.2, 0.25) is 0 Å². The molecule has 12 aromatic carbocycles. The zero-order chi connectivity index (χ0) is 64.4. The molecule has 0 radical (unpaired) electrons. The standard InChI is InChI=1S/2C36H24O6.3CH2Cl2/c2*1-2-26-4-3-25(1)37-27-5-7-29(8-6-27)39-31-13-15-33(16-14-31)41-35-21-23-36(24-22-35)42-34-19-17-32(18-20-34)40-30-11-9-28(38-26)10-12-30;3*2-1-3/h2*1-24H;3*1H2. The third-order valence-corrected chi connectivity index (χ3v) is 12.7. The summed E-state index contributed by atoms with van der Waals surface area (Å²) in [6.45, 7) is 0. The molecule has 32 aliphatic rings. The average Bonchev–Trinajstić information content (AvgIpc) is 1.78. The van der Waals surface area contributed by atoms with Crippen LogP contribution in [-0.2, 0) is 0 Å². The van der Waals surface area contributed by atoms with E-state index >= 15 is 0 Å². The Morgan fingerprint density at radius 1 is 0.108 bits per heavy atom. The van der Waals surface area contributed by atoms with Crippen molar-refractivity contribution < 1.29 is 56.8 Å². The van der Waals surface area contributed by atoms with E-state index in [1.54, 1.807) is 0 Å². The molecular formula is C75H54Cl6O12. The zero-order valence-electron chi connectivity index (χ0n) is 49.0. The van der Waals surface area contributed by atoms with Crippen molar-refractivity contribution >= 4 is 69.6 Å². The second kappa shape index (κ2) is 34.4. The summed E-state index contributed by atoms with van der Waals surface area (Å²) in [4.78, 5) is 0. The van der Waals surface area contributed by atoms with Crippen LogP contribution in [-0.4, -0.2) is 16.0 Å². The molecule has 93 heavy (non-hydrogen) atoms. The van der Waals surface area contributed by atoms with E-state index in [1.807, 2.05) is 291 Å². The van der Waals surface area contributed by atoms with Crippen LogP contribution in [0.1, 0.15) is 0 Å². The van der Waals surface area contributed by atoms with Gasteiger partial charge in [-0.15, -0.1) is 69.6 Å². The van der Waals surface area contributed by atoms with Gasteiger partial charge in [-0.2, -0.15) is 0 Å². The van der Waals surface area contributed by atoms with E-state index < -0.39 is 0 Å². The number of benzene rings is 12. The summed E-state index contributed by atoms with van der Waals surface area (Å²) < 4.78 is 71.9. The Balaban J connectivity index is 0.000000181. The van der Waals surface area contributed by atoms with E-state index in [0.29, 0.717) is 138 Å². The van der Waals surface area contributed by atoms with Gasteiger partial charge in [0.2, 0.25) is 0 Å². The van der Waals surface area contributed by atoms with E-state index in [2.05, 4.69) is 0 Å². The second-order valence-electron chi connectivity index (χ2n) is 19.2. The van der Waals surface area contributed by atoms with Crippen LogP contribution < -0.4 is 56.8 Å². The van der Waals surface area contributed by atoms with Crippen LogP contribution in [0, 0.1) is 0 Å². The van der Waals surface area contributed by atoms with Crippen molar-refractivity contribution in [2.24, 2.45) is 0 Å². The molecule has 0 fully saturated rings. The quantitative estimate of drug-likeness (QED) is 0.135. The highest BCUT2D eigenvalue weighted by Crippen LogP contribution is 2.37. The largest absolute Gasteiger partial charge is 0.457 e. The summed E-state index contributed by atoms with van der Waals surface area (Å²) in [7, 11) is 0. The maximum absolute atomic E-state index is 5.99. The summed E-state index contributed by atoms with van der Waals surface area (Å²) in [5.74, 6) is 16.7. The van der Waals surface area contributed by atoms with Crippen LogP contribution >= 0.6 is 69.6 Å². The molecule has 0 aromatic heterocycles. The Labute approximate surface area is 567 Å². The fourth-order valence-electron chi connectivity index (χ4n) is 8.54. The lowest BCUT2D eigenvalue weighted by Crippen LogP contribution is -1.89. The number of alkyl halides is 6. The first-order chi connectivity index (χ1) is 45.6. The van der Waals surface area contributed by atoms with Gasteiger partial charge in [-0.1, -0.05) is 0 Å². The fourth-order valence-corrected chi connectivity index (χ4v) is 8.54. The minimum Gasteiger partial charge on any atom is -0.457 e. The number of hydrogen-bond acceptors (Lipinski definition) is 12. The maximum Gasteiger partial charge on any atom is 0.127 e. The monoisotopic (exact) mass is 1360 g/mol. The molecule has 0 atom stereocenters. The number of rotatable bonds is 0. The van der Waals surface area contributed by atoms with Gasteiger partial charge in [0, 0.05) is 0 Å². The number of ether oxygens (including phenoxy) is 12. The first-order valence-electron chi connectivity index (χ1n) is 28.4. The van der Waals surface area contributed by atoms with Crippen LogP contribution in [0.5, 0.6) is 138 Å². The molecule has 0 aliphatic carbocycles. The molecule has 24 bridgehead atoms. The van der Waals surface area contributed by atoms with E-state index in [1.165, 1.54) is 0 Å². The van der Waals surface area contributed by atoms with Gasteiger partial charge in [0.05, 0.1) is 16.0 Å². The van der Waals surface area contributed by atoms with Gasteiger partial charge in [0.25, 0.3) is 0 Å². The second-order valence-corrected chi connectivity index (χ2v) is 21.6. The first kappa shape index (κ1) is 65.9. The maximum atomic E-state index is 5.99. The molecule has 0 spiro atoms. The van der Waals surface area contributed by atoms with Gasteiger partial charge >= 0.3 is 0 Å². The summed E-state index contributed by atoms with van der Waals surface area (Å²) in [6.07, 6.45) is 0. The lowest BCUT2D eigenvalue weighted by molar-refractivity contribution is 0.457. The van der Waals surface area contributed by atoms with Gasteiger partial charge < -0.3 is 56.8 Å². The number of hydrogen-bond donors (Lipinski definition) is 0. The minimum absolute atomic E-state index is 0.194. The van der Waals surface area contributed by atoms with Gasteiger partial charge in [0.1, 0.15) is 138 Å². The molecule has 32 aliphatic heterocycles. The van der Waals surface area contributed by atoms with E-state index in [9.17, 15) is 0 Å². The lowest BCUT2D eigenvalue weighted by atomic mass is 10.3. The average molecular weight is 1360 g/mol. The van der Waals surface area contributed by atoms with Crippen molar-refractivity contribution in [1.82, 2.24) is 0 Å². The predicted molar refractivity (Wildman–Crippen MR) is 368 cm³/mol. The first-order valence-corrected chi connectivity index (χ1v) is 31.6. The predicted octanol–water partition coefficient (Wildman–Crippen LogP) is 25.8. The van der Waals surface area contributed by atoms with Crippen molar-refractivity contribution in [3.05, 3.63) is 291 Å². The van der Waals surface area contributed by atoms with E-state index in [-0.39, 0.29) is 16.0 Å². The zero-order valence-corrected chi connectivity index (χ0v) is 53.5. The molecule has 0 amide bonds. The molecule has 0 N–H and O–H groups in total. The van der Waals surface area contributed by atoms with Crippen molar-refractivity contribution in [2.75, 3.05) is 16.0 Å². The molecule has 0 saturated heterocycles. The summed E-state index contributed by atoms with van der Waals surface area (Å²) in [5.41, 5.74) is 0. The molecule has 0 saturated carbocycles. The van der Waals surface area contributed by atoms with Gasteiger partial charge in [-0.3, -0.25) is 0 Å². The van der Waals surface area contributed by atoms with Gasteiger partial charge in [-0.25, -0.2) is 0 Å². The third kappa shape index (κ3) is 21.0. The van der Waals surface area contributed by atoms with E-state index in [0.717, 1.165) is 0 Å². The Hall–Kier alpha value is -10.0. The van der Waals surface area contributed by atoms with Crippen molar-refractivity contribution in [2.45, 2.75) is 0 Å². The lowest BCUT2D eigenvalue weighted by Gasteiger charge is -2.12. The smallest absolute Gasteiger partial charge is 0.127 e. The van der Waals surface area contributed by atoms with Gasteiger partial charge in [-0.05, 0) is 291 Å². The molecule has 0 unspecified atom stereocenters. The fraction of sp³-hybridized carbons (Fsp3) is 0.0400. The topological polar surface area (TPSA) is 111 Å². The highest BCUT2D eigenvalue weighted by Gasteiger charge is 2.10. The molecule has 468 valence electrons. The third-order valence-electron chi connectivity index (χ3n) is 12.7. The normalized spacial score (nSPS) is 11.4. The number of halogens is 6. The molecule has 12 nitrogen and oxygen atoms in total. The van der Waals surface area contributed by atoms with Crippen molar-refractivity contribution in [3.63, 3.8) is 0 Å². The molecule has 12 aromatic rings. The summed E-state index contributed by atoms with van der Waals surface area (Å²) in [5, 5.41) is 0.583. The van der Waals surface area contributed by atoms with Crippen LogP contribution in [0.25, 0.3) is 0 Å². The Kier molecular flexibility index (Phi) is 24.4. The molecular weight excluding hydrogens is 1310 g/mol. The summed E-state index contributed by atoms with van der Waals surface area (Å²) >= 11 is 28.6. The molecule has 44 rings (SSSR count). The Bertz CT molecular complexity index is 2920. The highest BCUT2D eigenvalue weighted by atomic mass is 35.5. The SMILES string of the molecule is ClCCl.ClCCl.ClCCl.c1cc2ccc1Oc1ccc(cc1)Oc1ccc(cc1)Oc1ccc(cc1)Oc1ccc(cc1)Oc1ccc(cc1)O2.c1cc2ccc1Oc1ccc(cc1)Oc1ccc(cc1)Oc1ccc(cc1)Oc1ccc(cc1)Oc1ccc(cc1)O2.